The molecule has 0 aliphatic rings. The number of H-pyrrole nitrogens is 1. The number of aryl methyl sites for hydroxylation is 1. The standard InChI is InChI=1S/C30H27N7O5S/c1-15-8-9-17(33-28(38)19-7-5-6-16-10-11-32-23(16)19)12-20(15)27-36-29(42-37-27)25-26(31)35-30(43-25)34-18-13-21(39-2)24(41-4)22(14-18)40-3/h5-14,32H,31H2,1-4H3,(H,33,38)(H,34,35). The molecule has 3 aromatic heterocycles. The lowest BCUT2D eigenvalue weighted by Gasteiger charge is -2.14. The van der Waals surface area contributed by atoms with Crippen molar-refractivity contribution in [2.45, 2.75) is 6.92 Å². The number of nitrogens with zero attached hydrogens (tertiary/aromatic N) is 3. The number of hydrogen-bond donors (Lipinski definition) is 4. The van der Waals surface area contributed by atoms with Crippen LogP contribution in [0.15, 0.2) is 65.3 Å². The van der Waals surface area contributed by atoms with E-state index in [1.165, 1.54) is 11.3 Å². The molecule has 218 valence electrons. The Morgan fingerprint density at radius 1 is 0.977 bits per heavy atom. The van der Waals surface area contributed by atoms with Gasteiger partial charge in [-0.25, -0.2) is 4.98 Å². The molecule has 6 rings (SSSR count). The summed E-state index contributed by atoms with van der Waals surface area (Å²) >= 11 is 1.25. The lowest BCUT2D eigenvalue weighted by Crippen LogP contribution is -2.12. The number of ether oxygens (including phenoxy) is 3. The summed E-state index contributed by atoms with van der Waals surface area (Å²) in [6, 6.07) is 16.5. The molecular formula is C30H27N7O5S. The first kappa shape index (κ1) is 27.6. The van der Waals surface area contributed by atoms with Crippen molar-refractivity contribution in [2.24, 2.45) is 0 Å². The maximum atomic E-state index is 13.1. The quantitative estimate of drug-likeness (QED) is 0.150. The van der Waals surface area contributed by atoms with Gasteiger partial charge in [0.05, 0.1) is 32.4 Å². The summed E-state index contributed by atoms with van der Waals surface area (Å²) in [4.78, 5) is 25.7. The number of anilines is 4. The van der Waals surface area contributed by atoms with E-state index in [-0.39, 0.29) is 17.6 Å². The van der Waals surface area contributed by atoms with Gasteiger partial charge in [-0.3, -0.25) is 4.79 Å². The van der Waals surface area contributed by atoms with Crippen molar-refractivity contribution in [1.82, 2.24) is 20.1 Å². The van der Waals surface area contributed by atoms with E-state index in [0.29, 0.717) is 55.6 Å². The summed E-state index contributed by atoms with van der Waals surface area (Å²) in [6.45, 7) is 1.93. The molecule has 0 aliphatic carbocycles. The van der Waals surface area contributed by atoms with Gasteiger partial charge in [0.1, 0.15) is 10.7 Å². The maximum absolute atomic E-state index is 13.1. The molecule has 43 heavy (non-hydrogen) atoms. The van der Waals surface area contributed by atoms with Gasteiger partial charge in [0.25, 0.3) is 11.8 Å². The second-order valence-electron chi connectivity index (χ2n) is 9.43. The molecule has 0 unspecified atom stereocenters. The monoisotopic (exact) mass is 597 g/mol. The van der Waals surface area contributed by atoms with Crippen molar-refractivity contribution in [3.63, 3.8) is 0 Å². The summed E-state index contributed by atoms with van der Waals surface area (Å²) < 4.78 is 21.8. The van der Waals surface area contributed by atoms with Gasteiger partial charge in [-0.1, -0.05) is 34.7 Å². The molecule has 0 bridgehead atoms. The van der Waals surface area contributed by atoms with Crippen LogP contribution in [-0.2, 0) is 0 Å². The number of carbonyl (C=O) groups is 1. The van der Waals surface area contributed by atoms with Crippen LogP contribution >= 0.6 is 11.3 Å². The zero-order chi connectivity index (χ0) is 30.1. The Balaban J connectivity index is 1.24. The molecule has 0 saturated heterocycles. The zero-order valence-electron chi connectivity index (χ0n) is 23.6. The summed E-state index contributed by atoms with van der Waals surface area (Å²) in [5.74, 6) is 2.02. The Morgan fingerprint density at radius 3 is 2.51 bits per heavy atom. The molecule has 1 amide bonds. The number of benzene rings is 3. The van der Waals surface area contributed by atoms with E-state index in [9.17, 15) is 4.79 Å². The highest BCUT2D eigenvalue weighted by Gasteiger charge is 2.21. The molecule has 3 heterocycles. The molecule has 0 aliphatic heterocycles. The highest BCUT2D eigenvalue weighted by Crippen LogP contribution is 2.42. The first-order valence-electron chi connectivity index (χ1n) is 13.0. The van der Waals surface area contributed by atoms with Crippen molar-refractivity contribution in [1.29, 1.82) is 0 Å². The Kier molecular flexibility index (Phi) is 7.30. The van der Waals surface area contributed by atoms with Crippen molar-refractivity contribution in [2.75, 3.05) is 37.7 Å². The van der Waals surface area contributed by atoms with Gasteiger partial charge in [-0.05, 0) is 36.8 Å². The van der Waals surface area contributed by atoms with E-state index >= 15 is 0 Å². The minimum Gasteiger partial charge on any atom is -0.493 e. The fraction of sp³-hybridized carbons (Fsp3) is 0.133. The highest BCUT2D eigenvalue weighted by molar-refractivity contribution is 7.19. The predicted octanol–water partition coefficient (Wildman–Crippen LogP) is 6.25. The second kappa shape index (κ2) is 11.4. The summed E-state index contributed by atoms with van der Waals surface area (Å²) in [7, 11) is 4.63. The molecule has 0 fully saturated rings. The molecule has 0 spiro atoms. The topological polar surface area (TPSA) is 162 Å². The van der Waals surface area contributed by atoms with Crippen LogP contribution in [0.3, 0.4) is 0 Å². The normalized spacial score (nSPS) is 11.0. The SMILES string of the molecule is COc1cc(Nc2nc(N)c(-c3nc(-c4cc(NC(=O)c5cccc6cc[nH]c56)ccc4C)no3)s2)cc(OC)c1OC. The smallest absolute Gasteiger partial charge is 0.272 e. The zero-order valence-corrected chi connectivity index (χ0v) is 24.5. The fourth-order valence-corrected chi connectivity index (χ4v) is 5.48. The number of hydrogen-bond acceptors (Lipinski definition) is 11. The number of fused-ring (bicyclic) bond motifs is 1. The Bertz CT molecular complexity index is 1940. The van der Waals surface area contributed by atoms with Crippen molar-refractivity contribution >= 4 is 50.5 Å². The number of aromatic nitrogens is 4. The van der Waals surface area contributed by atoms with E-state index < -0.39 is 0 Å². The van der Waals surface area contributed by atoms with Gasteiger partial charge in [-0.15, -0.1) is 0 Å². The lowest BCUT2D eigenvalue weighted by molar-refractivity contribution is 0.102. The van der Waals surface area contributed by atoms with E-state index in [4.69, 9.17) is 24.5 Å². The number of carbonyl (C=O) groups excluding carboxylic acids is 1. The highest BCUT2D eigenvalue weighted by atomic mass is 32.1. The minimum atomic E-state index is -0.235. The van der Waals surface area contributed by atoms with Gasteiger partial charge < -0.3 is 40.1 Å². The third-order valence-corrected chi connectivity index (χ3v) is 7.73. The minimum absolute atomic E-state index is 0.218. The van der Waals surface area contributed by atoms with Crippen LogP contribution in [0, 0.1) is 6.92 Å². The molecular weight excluding hydrogens is 570 g/mol. The lowest BCUT2D eigenvalue weighted by atomic mass is 10.1. The van der Waals surface area contributed by atoms with Gasteiger partial charge >= 0.3 is 0 Å². The van der Waals surface area contributed by atoms with Gasteiger partial charge in [0.15, 0.2) is 16.6 Å². The molecule has 0 atom stereocenters. The molecule has 6 aromatic rings. The molecule has 0 saturated carbocycles. The number of nitrogens with two attached hydrogens (primary N) is 1. The van der Waals surface area contributed by atoms with Crippen molar-refractivity contribution < 1.29 is 23.5 Å². The number of nitrogens with one attached hydrogen (secondary N) is 3. The predicted molar refractivity (Wildman–Crippen MR) is 166 cm³/mol. The first-order chi connectivity index (χ1) is 20.9. The average Bonchev–Trinajstić information content (AvgIpc) is 3.77. The second-order valence-corrected chi connectivity index (χ2v) is 10.4. The first-order valence-corrected chi connectivity index (χ1v) is 13.9. The van der Waals surface area contributed by atoms with E-state index in [1.54, 1.807) is 39.5 Å². The number of nitrogen functional groups attached to an aromatic ring is 1. The van der Waals surface area contributed by atoms with E-state index in [0.717, 1.165) is 16.5 Å². The van der Waals surface area contributed by atoms with Gasteiger partial charge in [-0.2, -0.15) is 4.98 Å². The van der Waals surface area contributed by atoms with Crippen molar-refractivity contribution in [3.05, 3.63) is 71.9 Å². The summed E-state index contributed by atoms with van der Waals surface area (Å²) in [5.41, 5.74) is 10.4. The average molecular weight is 598 g/mol. The van der Waals surface area contributed by atoms with Crippen LogP contribution in [0.5, 0.6) is 17.2 Å². The van der Waals surface area contributed by atoms with Crippen LogP contribution in [-0.4, -0.2) is 47.3 Å². The van der Waals surface area contributed by atoms with Crippen molar-refractivity contribution in [3.8, 4) is 39.4 Å². The largest absolute Gasteiger partial charge is 0.493 e. The number of aromatic amines is 1. The molecule has 12 nitrogen and oxygen atoms in total. The van der Waals surface area contributed by atoms with E-state index in [1.807, 2.05) is 49.5 Å². The van der Waals surface area contributed by atoms with Crippen LogP contribution in [0.2, 0.25) is 0 Å². The summed E-state index contributed by atoms with van der Waals surface area (Å²) in [6.07, 6.45) is 1.81. The Labute approximate surface area is 249 Å². The van der Waals surface area contributed by atoms with E-state index in [2.05, 4.69) is 30.7 Å². The third kappa shape index (κ3) is 5.28. The summed E-state index contributed by atoms with van der Waals surface area (Å²) in [5, 5.41) is 11.8. The number of methoxy groups -OCH3 is 3. The number of rotatable bonds is 9. The fourth-order valence-electron chi connectivity index (χ4n) is 4.65. The molecule has 3 aromatic carbocycles. The Morgan fingerprint density at radius 2 is 1.77 bits per heavy atom. The van der Waals surface area contributed by atoms with Crippen LogP contribution < -0.4 is 30.6 Å². The van der Waals surface area contributed by atoms with Crippen LogP contribution in [0.25, 0.3) is 33.1 Å². The molecule has 13 heteroatoms. The Hall–Kier alpha value is -5.56. The molecule has 5 N–H and O–H groups in total. The third-order valence-electron chi connectivity index (χ3n) is 6.76. The van der Waals surface area contributed by atoms with Gasteiger partial charge in [0, 0.05) is 40.7 Å². The number of para-hydroxylation sites is 1. The van der Waals surface area contributed by atoms with Crippen LogP contribution in [0.1, 0.15) is 15.9 Å². The number of thiazole rings is 1. The molecule has 0 radical (unpaired) electrons. The number of amides is 1. The maximum Gasteiger partial charge on any atom is 0.272 e. The van der Waals surface area contributed by atoms with Gasteiger partial charge in [0.2, 0.25) is 11.6 Å². The van der Waals surface area contributed by atoms with Crippen LogP contribution in [0.4, 0.5) is 22.3 Å².